The van der Waals surface area contributed by atoms with E-state index in [4.69, 9.17) is 9.47 Å². The Labute approximate surface area is 200 Å². The third kappa shape index (κ3) is 5.22. The first-order valence-electron chi connectivity index (χ1n) is 11.1. The normalized spacial score (nSPS) is 11.1. The van der Waals surface area contributed by atoms with Crippen molar-refractivity contribution in [2.75, 3.05) is 6.61 Å². The predicted octanol–water partition coefficient (Wildman–Crippen LogP) is 4.42. The molecule has 0 radical (unpaired) electrons. The third-order valence-corrected chi connectivity index (χ3v) is 5.25. The van der Waals surface area contributed by atoms with Crippen molar-refractivity contribution in [3.8, 4) is 11.5 Å². The predicted molar refractivity (Wildman–Crippen MR) is 134 cm³/mol. The van der Waals surface area contributed by atoms with E-state index in [1.165, 1.54) is 12.3 Å². The van der Waals surface area contributed by atoms with Crippen LogP contribution >= 0.6 is 0 Å². The smallest absolute Gasteiger partial charge is 0.349 e. The molecule has 0 unspecified atom stereocenters. The molecule has 1 N–H and O–H groups in total. The number of hydrogen-bond donors (Lipinski definition) is 1. The van der Waals surface area contributed by atoms with Gasteiger partial charge in [-0.05, 0) is 49.2 Å². The highest BCUT2D eigenvalue weighted by atomic mass is 19.1. The molecule has 0 atom stereocenters. The zero-order valence-electron chi connectivity index (χ0n) is 19.2. The second-order valence-electron chi connectivity index (χ2n) is 7.65. The fourth-order valence-electron chi connectivity index (χ4n) is 3.64. The maximum absolute atomic E-state index is 14.1. The first-order valence-corrected chi connectivity index (χ1v) is 11.1. The number of fused-ring (bicyclic) bond motifs is 1. The molecule has 1 aromatic heterocycles. The standard InChI is InChI=1S/C27H24FN3O4/c1-3-9-19-14-18(16-29-31-26(32)21-11-6-8-13-23(21)30-27(31)33)15-24(34-4-2)25(19)35-17-20-10-5-7-12-22(20)28/h3,5-8,10-16H,1,4,9,17H2,2H3,(H,30,33). The summed E-state index contributed by atoms with van der Waals surface area (Å²) in [4.78, 5) is 27.8. The van der Waals surface area contributed by atoms with Crippen molar-refractivity contribution in [1.82, 2.24) is 9.66 Å². The van der Waals surface area contributed by atoms with Crippen LogP contribution < -0.4 is 20.7 Å². The van der Waals surface area contributed by atoms with Crippen LogP contribution in [0.5, 0.6) is 11.5 Å². The summed E-state index contributed by atoms with van der Waals surface area (Å²) in [5, 5.41) is 4.48. The van der Waals surface area contributed by atoms with Gasteiger partial charge in [0.2, 0.25) is 0 Å². The van der Waals surface area contributed by atoms with E-state index >= 15 is 0 Å². The van der Waals surface area contributed by atoms with Gasteiger partial charge in [-0.25, -0.2) is 9.18 Å². The summed E-state index contributed by atoms with van der Waals surface area (Å²) in [6.45, 7) is 6.02. The van der Waals surface area contributed by atoms with E-state index in [0.29, 0.717) is 46.6 Å². The number of H-pyrrole nitrogens is 1. The van der Waals surface area contributed by atoms with Crippen molar-refractivity contribution >= 4 is 17.1 Å². The van der Waals surface area contributed by atoms with Crippen LogP contribution in [-0.4, -0.2) is 22.5 Å². The van der Waals surface area contributed by atoms with Gasteiger partial charge < -0.3 is 14.5 Å². The summed E-state index contributed by atoms with van der Waals surface area (Å²) in [6.07, 6.45) is 3.56. The Kier molecular flexibility index (Phi) is 7.21. The van der Waals surface area contributed by atoms with Crippen LogP contribution in [0, 0.1) is 5.82 Å². The topological polar surface area (TPSA) is 85.7 Å². The number of para-hydroxylation sites is 1. The molecule has 4 aromatic rings. The lowest BCUT2D eigenvalue weighted by Crippen LogP contribution is -2.32. The van der Waals surface area contributed by atoms with Crippen LogP contribution in [-0.2, 0) is 13.0 Å². The minimum absolute atomic E-state index is 0.0200. The largest absolute Gasteiger partial charge is 0.490 e. The van der Waals surface area contributed by atoms with Crippen molar-refractivity contribution in [2.24, 2.45) is 5.10 Å². The molecule has 7 nitrogen and oxygen atoms in total. The minimum Gasteiger partial charge on any atom is -0.490 e. The second-order valence-corrected chi connectivity index (χ2v) is 7.65. The van der Waals surface area contributed by atoms with E-state index in [-0.39, 0.29) is 12.4 Å². The van der Waals surface area contributed by atoms with Crippen LogP contribution in [0.4, 0.5) is 4.39 Å². The van der Waals surface area contributed by atoms with Gasteiger partial charge in [0.25, 0.3) is 5.56 Å². The van der Waals surface area contributed by atoms with Crippen LogP contribution in [0.3, 0.4) is 0 Å². The van der Waals surface area contributed by atoms with E-state index in [1.54, 1.807) is 60.7 Å². The minimum atomic E-state index is -0.647. The highest BCUT2D eigenvalue weighted by molar-refractivity contribution is 5.82. The molecule has 0 bridgehead atoms. The highest BCUT2D eigenvalue weighted by Crippen LogP contribution is 2.34. The van der Waals surface area contributed by atoms with Gasteiger partial charge in [0, 0.05) is 11.1 Å². The molecule has 0 amide bonds. The zero-order chi connectivity index (χ0) is 24.8. The molecule has 0 fully saturated rings. The molecular weight excluding hydrogens is 449 g/mol. The summed E-state index contributed by atoms with van der Waals surface area (Å²) >= 11 is 0. The lowest BCUT2D eigenvalue weighted by Gasteiger charge is -2.17. The molecule has 0 aliphatic heterocycles. The Morgan fingerprint density at radius 3 is 2.60 bits per heavy atom. The Balaban J connectivity index is 1.72. The number of hydrogen-bond acceptors (Lipinski definition) is 5. The number of nitrogens with zero attached hydrogens (tertiary/aromatic N) is 2. The van der Waals surface area contributed by atoms with Crippen LogP contribution in [0.2, 0.25) is 0 Å². The van der Waals surface area contributed by atoms with Gasteiger partial charge >= 0.3 is 5.69 Å². The summed E-state index contributed by atoms with van der Waals surface area (Å²) in [6, 6.07) is 16.6. The van der Waals surface area contributed by atoms with Gasteiger partial charge in [-0.15, -0.1) is 11.3 Å². The quantitative estimate of drug-likeness (QED) is 0.288. The number of nitrogens with one attached hydrogen (secondary N) is 1. The fraction of sp³-hybridized carbons (Fsp3) is 0.148. The van der Waals surface area contributed by atoms with Crippen molar-refractivity contribution in [3.05, 3.63) is 117 Å². The van der Waals surface area contributed by atoms with Crippen molar-refractivity contribution < 1.29 is 13.9 Å². The van der Waals surface area contributed by atoms with Crippen LogP contribution in [0.1, 0.15) is 23.6 Å². The summed E-state index contributed by atoms with van der Waals surface area (Å²) in [5.74, 6) is 0.544. The maximum atomic E-state index is 14.1. The van der Waals surface area contributed by atoms with Crippen LogP contribution in [0.15, 0.2) is 88.0 Å². The Bertz CT molecular complexity index is 1520. The molecule has 4 rings (SSSR count). The van der Waals surface area contributed by atoms with Gasteiger partial charge in [0.05, 0.1) is 23.7 Å². The van der Waals surface area contributed by atoms with Crippen molar-refractivity contribution in [3.63, 3.8) is 0 Å². The molecule has 0 spiro atoms. The summed E-state index contributed by atoms with van der Waals surface area (Å²) in [5.41, 5.74) is 1.01. The summed E-state index contributed by atoms with van der Waals surface area (Å²) < 4.78 is 26.6. The SMILES string of the molecule is C=CCc1cc(C=Nn2c(=O)[nH]c3ccccc3c2=O)cc(OCC)c1OCc1ccccc1F. The van der Waals surface area contributed by atoms with Gasteiger partial charge in [-0.3, -0.25) is 4.79 Å². The number of rotatable bonds is 9. The van der Waals surface area contributed by atoms with Crippen molar-refractivity contribution in [1.29, 1.82) is 0 Å². The average molecular weight is 474 g/mol. The Hall–Kier alpha value is -4.46. The first kappa shape index (κ1) is 23.7. The molecule has 0 saturated carbocycles. The molecule has 1 heterocycles. The molecule has 0 aliphatic rings. The lowest BCUT2D eigenvalue weighted by atomic mass is 10.1. The fourth-order valence-corrected chi connectivity index (χ4v) is 3.64. The van der Waals surface area contributed by atoms with E-state index in [9.17, 15) is 14.0 Å². The Morgan fingerprint density at radius 2 is 1.83 bits per heavy atom. The monoisotopic (exact) mass is 473 g/mol. The molecule has 35 heavy (non-hydrogen) atoms. The first-order chi connectivity index (χ1) is 17.0. The van der Waals surface area contributed by atoms with Gasteiger partial charge in [0.1, 0.15) is 12.4 Å². The Morgan fingerprint density at radius 1 is 1.06 bits per heavy atom. The van der Waals surface area contributed by atoms with Gasteiger partial charge in [-0.1, -0.05) is 36.4 Å². The number of halogens is 1. The maximum Gasteiger partial charge on any atom is 0.349 e. The second kappa shape index (κ2) is 10.6. The van der Waals surface area contributed by atoms with E-state index in [2.05, 4.69) is 16.7 Å². The van der Waals surface area contributed by atoms with E-state index < -0.39 is 11.2 Å². The molecule has 3 aromatic carbocycles. The molecule has 178 valence electrons. The van der Waals surface area contributed by atoms with Gasteiger partial charge in [0.15, 0.2) is 11.5 Å². The zero-order valence-corrected chi connectivity index (χ0v) is 19.2. The lowest BCUT2D eigenvalue weighted by molar-refractivity contribution is 0.263. The van der Waals surface area contributed by atoms with E-state index in [1.807, 2.05) is 6.92 Å². The number of allylic oxidation sites excluding steroid dienone is 1. The molecule has 0 saturated heterocycles. The third-order valence-electron chi connectivity index (χ3n) is 5.25. The number of aromatic nitrogens is 2. The number of aromatic amines is 1. The molecule has 0 aliphatic carbocycles. The average Bonchev–Trinajstić information content (AvgIpc) is 2.85. The number of benzene rings is 3. The van der Waals surface area contributed by atoms with Gasteiger partial charge in [-0.2, -0.15) is 5.10 Å². The highest BCUT2D eigenvalue weighted by Gasteiger charge is 2.14. The van der Waals surface area contributed by atoms with Crippen LogP contribution in [0.25, 0.3) is 10.9 Å². The molecule has 8 heteroatoms. The molecular formula is C27H24FN3O4. The van der Waals surface area contributed by atoms with Crippen molar-refractivity contribution in [2.45, 2.75) is 20.0 Å². The summed E-state index contributed by atoms with van der Waals surface area (Å²) in [7, 11) is 0. The number of ether oxygens (including phenoxy) is 2. The van der Waals surface area contributed by atoms with E-state index in [0.717, 1.165) is 10.2 Å².